The Morgan fingerprint density at radius 2 is 1.95 bits per heavy atom. The van der Waals surface area contributed by atoms with Gasteiger partial charge in [-0.25, -0.2) is 4.79 Å². The Morgan fingerprint density at radius 3 is 2.55 bits per heavy atom. The van der Waals surface area contributed by atoms with Crippen LogP contribution in [0.1, 0.15) is 66.2 Å². The Labute approximate surface area is 141 Å². The van der Waals surface area contributed by atoms with Crippen molar-refractivity contribution in [1.29, 1.82) is 0 Å². The quantitative estimate of drug-likeness (QED) is 0.396. The molecule has 0 aromatic rings. The molecule has 0 saturated heterocycles. The van der Waals surface area contributed by atoms with Gasteiger partial charge in [-0.1, -0.05) is 56.5 Å². The minimum absolute atomic E-state index is 0.0448. The molecule has 0 rings (SSSR count). The maximum atomic E-state index is 12.2. The van der Waals surface area contributed by atoms with Gasteiger partial charge in [0.25, 0.3) is 0 Å². The number of rotatable bonds is 11. The fourth-order valence-electron chi connectivity index (χ4n) is 2.23. The number of nitrogens with one attached hydrogen (secondary N) is 1. The topological polar surface area (TPSA) is 32.3 Å². The summed E-state index contributed by atoms with van der Waals surface area (Å²) in [4.78, 5) is 14.1. The number of carbonyl (C=O) groups excluding carboxylic acids is 1. The molecule has 3 nitrogen and oxygen atoms in total. The third kappa shape index (κ3) is 9.88. The standard InChI is InChI=1S/C18H33ClN2O/c1-5-8-11-15-21(18(22)20-7-3)16(4)13-9-10-14-17(19)12-6-2/h9-10,12,16H,5-8,11,13-15H2,1-4H3,(H,20,22)/b10-9-,17-12+. The molecule has 1 N–H and O–H groups in total. The number of carbonyl (C=O) groups is 1. The van der Waals surface area contributed by atoms with Crippen molar-refractivity contribution in [3.8, 4) is 0 Å². The monoisotopic (exact) mass is 328 g/mol. The first-order valence-electron chi connectivity index (χ1n) is 8.60. The molecule has 128 valence electrons. The molecule has 0 fully saturated rings. The van der Waals surface area contributed by atoms with Crippen LogP contribution in [0.25, 0.3) is 0 Å². The Balaban J connectivity index is 4.41. The Morgan fingerprint density at radius 1 is 1.23 bits per heavy atom. The first kappa shape index (κ1) is 21.0. The molecule has 2 amide bonds. The van der Waals surface area contributed by atoms with Crippen molar-refractivity contribution in [3.05, 3.63) is 23.3 Å². The average molecular weight is 329 g/mol. The predicted octanol–water partition coefficient (Wildman–Crippen LogP) is 5.47. The average Bonchev–Trinajstić information content (AvgIpc) is 2.48. The van der Waals surface area contributed by atoms with Gasteiger partial charge in [-0.2, -0.15) is 0 Å². The van der Waals surface area contributed by atoms with E-state index in [2.05, 4.69) is 38.2 Å². The number of unbranched alkanes of at least 4 members (excludes halogenated alkanes) is 2. The zero-order chi connectivity index (χ0) is 16.8. The maximum absolute atomic E-state index is 12.2. The molecule has 22 heavy (non-hydrogen) atoms. The Kier molecular flexibility index (Phi) is 13.1. The van der Waals surface area contributed by atoms with Crippen LogP contribution in [0.5, 0.6) is 0 Å². The molecule has 0 saturated carbocycles. The summed E-state index contributed by atoms with van der Waals surface area (Å²) in [7, 11) is 0. The molecule has 0 aliphatic rings. The Bertz CT molecular complexity index is 353. The maximum Gasteiger partial charge on any atom is 0.317 e. The molecule has 0 aromatic carbocycles. The summed E-state index contributed by atoms with van der Waals surface area (Å²) >= 11 is 6.07. The van der Waals surface area contributed by atoms with E-state index in [1.54, 1.807) is 0 Å². The molecule has 0 bridgehead atoms. The van der Waals surface area contributed by atoms with Crippen LogP contribution in [0.3, 0.4) is 0 Å². The minimum atomic E-state index is 0.0448. The predicted molar refractivity (Wildman–Crippen MR) is 97.4 cm³/mol. The summed E-state index contributed by atoms with van der Waals surface area (Å²) in [6, 6.07) is 0.247. The molecule has 4 heteroatoms. The fraction of sp³-hybridized carbons (Fsp3) is 0.722. The summed E-state index contributed by atoms with van der Waals surface area (Å²) in [5.74, 6) is 0. The van der Waals surface area contributed by atoms with Crippen LogP contribution < -0.4 is 5.32 Å². The van der Waals surface area contributed by atoms with Gasteiger partial charge in [0.05, 0.1) is 0 Å². The summed E-state index contributed by atoms with van der Waals surface area (Å²) in [6.45, 7) is 9.81. The van der Waals surface area contributed by atoms with Gasteiger partial charge in [0.2, 0.25) is 0 Å². The van der Waals surface area contributed by atoms with Crippen LogP contribution in [-0.2, 0) is 0 Å². The smallest absolute Gasteiger partial charge is 0.317 e. The van der Waals surface area contributed by atoms with Gasteiger partial charge < -0.3 is 10.2 Å². The summed E-state index contributed by atoms with van der Waals surface area (Å²) in [5, 5.41) is 3.80. The van der Waals surface area contributed by atoms with E-state index in [0.717, 1.165) is 43.7 Å². The van der Waals surface area contributed by atoms with E-state index >= 15 is 0 Å². The molecule has 1 unspecified atom stereocenters. The molecule has 0 aliphatic heterocycles. The van der Waals surface area contributed by atoms with Gasteiger partial charge in [-0.15, -0.1) is 0 Å². The van der Waals surface area contributed by atoms with Crippen molar-refractivity contribution in [1.82, 2.24) is 10.2 Å². The number of urea groups is 1. The zero-order valence-electron chi connectivity index (χ0n) is 14.7. The fourth-order valence-corrected chi connectivity index (χ4v) is 2.47. The normalized spacial score (nSPS) is 13.4. The summed E-state index contributed by atoms with van der Waals surface area (Å²) in [6.07, 6.45) is 12.2. The van der Waals surface area contributed by atoms with Crippen LogP contribution in [-0.4, -0.2) is 30.1 Å². The van der Waals surface area contributed by atoms with Gasteiger partial charge in [-0.05, 0) is 33.1 Å². The highest BCUT2D eigenvalue weighted by Crippen LogP contribution is 2.12. The third-order valence-electron chi connectivity index (χ3n) is 3.51. The van der Waals surface area contributed by atoms with E-state index in [1.807, 2.05) is 17.9 Å². The zero-order valence-corrected chi connectivity index (χ0v) is 15.5. The van der Waals surface area contributed by atoms with Crippen LogP contribution in [0.4, 0.5) is 4.79 Å². The van der Waals surface area contributed by atoms with Crippen LogP contribution in [0, 0.1) is 0 Å². The van der Waals surface area contributed by atoms with E-state index in [4.69, 9.17) is 11.6 Å². The molecule has 0 aromatic heterocycles. The van der Waals surface area contributed by atoms with E-state index in [1.165, 1.54) is 6.42 Å². The minimum Gasteiger partial charge on any atom is -0.338 e. The highest BCUT2D eigenvalue weighted by atomic mass is 35.5. The second kappa shape index (κ2) is 13.7. The van der Waals surface area contributed by atoms with Crippen molar-refractivity contribution in [3.63, 3.8) is 0 Å². The van der Waals surface area contributed by atoms with Crippen LogP contribution in [0.15, 0.2) is 23.3 Å². The highest BCUT2D eigenvalue weighted by Gasteiger charge is 2.17. The van der Waals surface area contributed by atoms with E-state index in [9.17, 15) is 4.79 Å². The summed E-state index contributed by atoms with van der Waals surface area (Å²) in [5.41, 5.74) is 0. The molecular formula is C18H33ClN2O. The Hall–Kier alpha value is -0.960. The number of allylic oxidation sites excluding steroid dienone is 3. The van der Waals surface area contributed by atoms with E-state index in [-0.39, 0.29) is 12.1 Å². The number of hydrogen-bond donors (Lipinski definition) is 1. The van der Waals surface area contributed by atoms with Gasteiger partial charge >= 0.3 is 6.03 Å². The second-order valence-electron chi connectivity index (χ2n) is 5.56. The van der Waals surface area contributed by atoms with Crippen LogP contribution >= 0.6 is 11.6 Å². The molecule has 0 spiro atoms. The lowest BCUT2D eigenvalue weighted by molar-refractivity contribution is 0.178. The molecule has 1 atom stereocenters. The molecule has 0 aliphatic carbocycles. The van der Waals surface area contributed by atoms with Gasteiger partial charge in [0.1, 0.15) is 0 Å². The van der Waals surface area contributed by atoms with Crippen molar-refractivity contribution >= 4 is 17.6 Å². The molecular weight excluding hydrogens is 296 g/mol. The van der Waals surface area contributed by atoms with E-state index < -0.39 is 0 Å². The summed E-state index contributed by atoms with van der Waals surface area (Å²) < 4.78 is 0. The molecule has 0 heterocycles. The SMILES string of the molecule is CC/C=C(/Cl)C/C=C\CC(C)N(CCCCC)C(=O)NCC. The number of hydrogen-bond acceptors (Lipinski definition) is 1. The largest absolute Gasteiger partial charge is 0.338 e. The van der Waals surface area contributed by atoms with Gasteiger partial charge in [-0.3, -0.25) is 0 Å². The van der Waals surface area contributed by atoms with Gasteiger partial charge in [0, 0.05) is 30.6 Å². The highest BCUT2D eigenvalue weighted by molar-refractivity contribution is 6.29. The number of halogens is 1. The van der Waals surface area contributed by atoms with Crippen molar-refractivity contribution in [2.45, 2.75) is 72.3 Å². The van der Waals surface area contributed by atoms with Crippen LogP contribution in [0.2, 0.25) is 0 Å². The van der Waals surface area contributed by atoms with E-state index in [0.29, 0.717) is 6.54 Å². The van der Waals surface area contributed by atoms with Crippen molar-refractivity contribution in [2.24, 2.45) is 0 Å². The number of amides is 2. The van der Waals surface area contributed by atoms with Crippen molar-refractivity contribution < 1.29 is 4.79 Å². The lowest BCUT2D eigenvalue weighted by Crippen LogP contribution is -2.45. The van der Waals surface area contributed by atoms with Crippen molar-refractivity contribution in [2.75, 3.05) is 13.1 Å². The lowest BCUT2D eigenvalue weighted by Gasteiger charge is -2.28. The van der Waals surface area contributed by atoms with Gasteiger partial charge in [0.15, 0.2) is 0 Å². The number of nitrogens with zero attached hydrogens (tertiary/aromatic N) is 1. The first-order chi connectivity index (χ1) is 10.6. The second-order valence-corrected chi connectivity index (χ2v) is 6.04. The molecule has 0 radical (unpaired) electrons. The first-order valence-corrected chi connectivity index (χ1v) is 8.98. The third-order valence-corrected chi connectivity index (χ3v) is 3.81. The lowest BCUT2D eigenvalue weighted by atomic mass is 10.1.